The fraction of sp³-hybridized carbons (Fsp3) is 0.522. The van der Waals surface area contributed by atoms with Gasteiger partial charge in [0.15, 0.2) is 0 Å². The second-order valence-corrected chi connectivity index (χ2v) is 8.54. The minimum atomic E-state index is -0.0343. The summed E-state index contributed by atoms with van der Waals surface area (Å²) in [4.78, 5) is 11.7. The minimum Gasteiger partial charge on any atom is -0.398 e. The molecular formula is C23H34N8O. The predicted octanol–water partition coefficient (Wildman–Crippen LogP) is 3.02. The van der Waals surface area contributed by atoms with E-state index < -0.39 is 0 Å². The number of ether oxygens (including phenoxy) is 1. The maximum Gasteiger partial charge on any atom is 0.224 e. The Hall–Kier alpha value is -3.07. The highest BCUT2D eigenvalue weighted by molar-refractivity contribution is 6.06. The van der Waals surface area contributed by atoms with E-state index in [9.17, 15) is 0 Å². The molecule has 2 aliphatic rings. The molecule has 1 aliphatic carbocycles. The van der Waals surface area contributed by atoms with Crippen molar-refractivity contribution in [2.24, 2.45) is 5.73 Å². The van der Waals surface area contributed by atoms with Crippen LogP contribution in [0.25, 0.3) is 11.3 Å². The Bertz CT molecular complexity index is 973. The predicted molar refractivity (Wildman–Crippen MR) is 131 cm³/mol. The highest BCUT2D eigenvalue weighted by atomic mass is 16.5. The van der Waals surface area contributed by atoms with Gasteiger partial charge in [-0.1, -0.05) is 19.8 Å². The van der Waals surface area contributed by atoms with Crippen LogP contribution in [-0.4, -0.2) is 54.7 Å². The Labute approximate surface area is 189 Å². The fourth-order valence-corrected chi connectivity index (χ4v) is 4.65. The number of nitrogens with one attached hydrogen (secondary N) is 3. The van der Waals surface area contributed by atoms with E-state index in [1.54, 1.807) is 0 Å². The van der Waals surface area contributed by atoms with Gasteiger partial charge in [-0.3, -0.25) is 5.41 Å². The molecule has 1 aromatic heterocycles. The lowest BCUT2D eigenvalue weighted by Crippen LogP contribution is -2.45. The van der Waals surface area contributed by atoms with Crippen LogP contribution >= 0.6 is 0 Å². The molecule has 1 saturated carbocycles. The first-order valence-electron chi connectivity index (χ1n) is 11.5. The number of nitrogen functional groups attached to an aromatic ring is 2. The molecule has 4 rings (SSSR count). The SMILES string of the molecule is CCC1COCCN1c1cc(-c2cc(N)c(C(=N)N)c(NC3CCCC3)c2)nc(NC)n1. The van der Waals surface area contributed by atoms with Crippen LogP contribution in [0.1, 0.15) is 44.6 Å². The van der Waals surface area contributed by atoms with Gasteiger partial charge in [0.25, 0.3) is 0 Å². The van der Waals surface area contributed by atoms with E-state index >= 15 is 0 Å². The van der Waals surface area contributed by atoms with Crippen molar-refractivity contribution in [2.45, 2.75) is 51.1 Å². The summed E-state index contributed by atoms with van der Waals surface area (Å²) in [6.45, 7) is 4.33. The van der Waals surface area contributed by atoms with Crippen molar-refractivity contribution in [2.75, 3.05) is 48.1 Å². The van der Waals surface area contributed by atoms with E-state index in [1.807, 2.05) is 25.2 Å². The third-order valence-corrected chi connectivity index (χ3v) is 6.38. The minimum absolute atomic E-state index is 0.0343. The lowest BCUT2D eigenvalue weighted by molar-refractivity contribution is 0.0926. The Balaban J connectivity index is 1.76. The molecule has 2 heterocycles. The van der Waals surface area contributed by atoms with Crippen molar-refractivity contribution >= 4 is 29.0 Å². The number of morpholine rings is 1. The van der Waals surface area contributed by atoms with Crippen molar-refractivity contribution in [3.63, 3.8) is 0 Å². The van der Waals surface area contributed by atoms with Crippen LogP contribution in [0.15, 0.2) is 18.2 Å². The molecule has 1 atom stereocenters. The van der Waals surface area contributed by atoms with E-state index in [0.717, 1.165) is 48.6 Å². The number of amidine groups is 1. The van der Waals surface area contributed by atoms with Crippen LogP contribution in [-0.2, 0) is 4.74 Å². The molecule has 9 nitrogen and oxygen atoms in total. The van der Waals surface area contributed by atoms with Crippen molar-refractivity contribution in [3.8, 4) is 11.3 Å². The first kappa shape index (κ1) is 22.1. The van der Waals surface area contributed by atoms with Crippen molar-refractivity contribution in [3.05, 3.63) is 23.8 Å². The van der Waals surface area contributed by atoms with Gasteiger partial charge in [-0.05, 0) is 31.4 Å². The van der Waals surface area contributed by atoms with Crippen LogP contribution in [0.4, 0.5) is 23.1 Å². The Kier molecular flexibility index (Phi) is 6.64. The molecule has 7 N–H and O–H groups in total. The number of hydrogen-bond acceptors (Lipinski definition) is 8. The van der Waals surface area contributed by atoms with Gasteiger partial charge in [0.2, 0.25) is 5.95 Å². The number of nitrogens with two attached hydrogens (primary N) is 2. The first-order valence-corrected chi connectivity index (χ1v) is 11.5. The molecule has 2 aromatic rings. The third kappa shape index (κ3) is 4.57. The van der Waals surface area contributed by atoms with Crippen LogP contribution in [0, 0.1) is 5.41 Å². The maximum atomic E-state index is 8.05. The molecule has 0 bridgehead atoms. The van der Waals surface area contributed by atoms with Crippen LogP contribution in [0.2, 0.25) is 0 Å². The summed E-state index contributed by atoms with van der Waals surface area (Å²) in [7, 11) is 1.82. The third-order valence-electron chi connectivity index (χ3n) is 6.38. The van der Waals surface area contributed by atoms with E-state index in [2.05, 4.69) is 22.5 Å². The van der Waals surface area contributed by atoms with Crippen LogP contribution in [0.5, 0.6) is 0 Å². The highest BCUT2D eigenvalue weighted by Gasteiger charge is 2.25. The average molecular weight is 439 g/mol. The standard InChI is InChI=1S/C23H34N8O/c1-3-16-13-32-9-8-31(16)20-12-18(29-23(27-2)30-20)14-10-17(24)21(22(25)26)19(11-14)28-15-6-4-5-7-15/h10-12,15-16,28H,3-9,13,24H2,1-2H3,(H3,25,26)(H,27,29,30). The number of rotatable bonds is 7. The lowest BCUT2D eigenvalue weighted by Gasteiger charge is -2.36. The van der Waals surface area contributed by atoms with Crippen molar-refractivity contribution < 1.29 is 4.74 Å². The van der Waals surface area contributed by atoms with Crippen LogP contribution < -0.4 is 27.0 Å². The average Bonchev–Trinajstić information content (AvgIpc) is 3.31. The quantitative estimate of drug-likeness (QED) is 0.253. The largest absolute Gasteiger partial charge is 0.398 e. The maximum absolute atomic E-state index is 8.05. The second kappa shape index (κ2) is 9.60. The van der Waals surface area contributed by atoms with Gasteiger partial charge in [0.05, 0.1) is 30.5 Å². The highest BCUT2D eigenvalue weighted by Crippen LogP contribution is 2.34. The van der Waals surface area contributed by atoms with E-state index in [0.29, 0.717) is 36.5 Å². The summed E-state index contributed by atoms with van der Waals surface area (Å²) in [5.74, 6) is 1.39. The van der Waals surface area contributed by atoms with Gasteiger partial charge in [0.1, 0.15) is 11.7 Å². The molecule has 1 unspecified atom stereocenters. The summed E-state index contributed by atoms with van der Waals surface area (Å²) in [5, 5.41) is 14.7. The summed E-state index contributed by atoms with van der Waals surface area (Å²) < 4.78 is 5.67. The summed E-state index contributed by atoms with van der Waals surface area (Å²) in [5.41, 5.74) is 15.7. The zero-order valence-electron chi connectivity index (χ0n) is 18.9. The number of anilines is 4. The molecule has 1 saturated heterocycles. The Morgan fingerprint density at radius 2 is 2.03 bits per heavy atom. The smallest absolute Gasteiger partial charge is 0.224 e. The molecule has 9 heteroatoms. The molecule has 1 aliphatic heterocycles. The van der Waals surface area contributed by atoms with Gasteiger partial charge in [-0.25, -0.2) is 4.98 Å². The normalized spacial score (nSPS) is 19.2. The second-order valence-electron chi connectivity index (χ2n) is 8.54. The van der Waals surface area contributed by atoms with Crippen LogP contribution in [0.3, 0.4) is 0 Å². The molecule has 172 valence electrons. The molecule has 0 amide bonds. The van der Waals surface area contributed by atoms with Gasteiger partial charge in [-0.2, -0.15) is 4.98 Å². The monoisotopic (exact) mass is 438 g/mol. The zero-order chi connectivity index (χ0) is 22.7. The topological polar surface area (TPSA) is 138 Å². The van der Waals surface area contributed by atoms with Crippen molar-refractivity contribution in [1.82, 2.24) is 9.97 Å². The van der Waals surface area contributed by atoms with E-state index in [-0.39, 0.29) is 11.9 Å². The van der Waals surface area contributed by atoms with E-state index in [4.69, 9.17) is 31.6 Å². The number of aromatic nitrogens is 2. The molecular weight excluding hydrogens is 404 g/mol. The van der Waals surface area contributed by atoms with Crippen molar-refractivity contribution in [1.29, 1.82) is 5.41 Å². The van der Waals surface area contributed by atoms with Gasteiger partial charge < -0.3 is 31.7 Å². The number of nitrogens with zero attached hydrogens (tertiary/aromatic N) is 3. The Morgan fingerprint density at radius 1 is 1.25 bits per heavy atom. The molecule has 0 radical (unpaired) electrons. The molecule has 0 spiro atoms. The number of hydrogen-bond donors (Lipinski definition) is 5. The zero-order valence-corrected chi connectivity index (χ0v) is 18.9. The fourth-order valence-electron chi connectivity index (χ4n) is 4.65. The molecule has 32 heavy (non-hydrogen) atoms. The summed E-state index contributed by atoms with van der Waals surface area (Å²) in [6.07, 6.45) is 5.61. The van der Waals surface area contributed by atoms with Gasteiger partial charge >= 0.3 is 0 Å². The lowest BCUT2D eigenvalue weighted by atomic mass is 10.0. The first-order chi connectivity index (χ1) is 15.5. The van der Waals surface area contributed by atoms with E-state index in [1.165, 1.54) is 12.8 Å². The summed E-state index contributed by atoms with van der Waals surface area (Å²) >= 11 is 0. The molecule has 2 fully saturated rings. The molecule has 1 aromatic carbocycles. The summed E-state index contributed by atoms with van der Waals surface area (Å²) in [6, 6.07) is 6.51. The number of benzene rings is 1. The van der Waals surface area contributed by atoms with Gasteiger partial charge in [0, 0.05) is 42.6 Å². The van der Waals surface area contributed by atoms with Gasteiger partial charge in [-0.15, -0.1) is 0 Å². The Morgan fingerprint density at radius 3 is 2.72 bits per heavy atom.